The van der Waals surface area contributed by atoms with E-state index >= 15 is 0 Å². The van der Waals surface area contributed by atoms with E-state index in [9.17, 15) is 24.6 Å². The second-order valence-corrected chi connectivity index (χ2v) is 6.04. The van der Waals surface area contributed by atoms with E-state index in [4.69, 9.17) is 9.79 Å². The van der Waals surface area contributed by atoms with E-state index in [-0.39, 0.29) is 11.1 Å². The largest absolute Gasteiger partial charge is 0.525 e. The minimum Gasteiger partial charge on any atom is -0.504 e. The summed E-state index contributed by atoms with van der Waals surface area (Å²) >= 11 is 0. The molecule has 0 heterocycles. The molecule has 24 heavy (non-hydrogen) atoms. The van der Waals surface area contributed by atoms with Crippen LogP contribution in [-0.2, 0) is 4.57 Å². The summed E-state index contributed by atoms with van der Waals surface area (Å²) in [4.78, 5) is 39.9. The van der Waals surface area contributed by atoms with Crippen molar-refractivity contribution in [3.05, 3.63) is 63.2 Å². The fraction of sp³-hybridized carbons (Fsp3) is 0.0714. The highest BCUT2D eigenvalue weighted by Crippen LogP contribution is 2.47. The lowest BCUT2D eigenvalue weighted by Crippen LogP contribution is -2.04. The van der Waals surface area contributed by atoms with Gasteiger partial charge in [0.25, 0.3) is 0 Å². The van der Waals surface area contributed by atoms with Crippen LogP contribution in [0.1, 0.15) is 21.5 Å². The normalized spacial score (nSPS) is 11.1. The van der Waals surface area contributed by atoms with Crippen LogP contribution in [0.3, 0.4) is 0 Å². The molecule has 2 aromatic carbocycles. The monoisotopic (exact) mass is 353 g/mol. The topological polar surface area (TPSA) is 147 Å². The third-order valence-electron chi connectivity index (χ3n) is 3.03. The quantitative estimate of drug-likeness (QED) is 0.321. The van der Waals surface area contributed by atoms with Crippen LogP contribution in [-0.4, -0.2) is 25.6 Å². The number of rotatable bonds is 5. The molecule has 0 aromatic heterocycles. The summed E-state index contributed by atoms with van der Waals surface area (Å²) in [6, 6.07) is 8.01. The van der Waals surface area contributed by atoms with Crippen molar-refractivity contribution in [2.75, 3.05) is 0 Å². The van der Waals surface area contributed by atoms with E-state index in [1.807, 2.05) is 6.92 Å². The Kier molecular flexibility index (Phi) is 4.70. The van der Waals surface area contributed by atoms with Crippen LogP contribution in [0.5, 0.6) is 11.5 Å². The lowest BCUT2D eigenvalue weighted by molar-refractivity contribution is -0.385. The van der Waals surface area contributed by atoms with Crippen molar-refractivity contribution in [3.8, 4) is 11.5 Å². The van der Waals surface area contributed by atoms with Crippen molar-refractivity contribution < 1.29 is 33.7 Å². The molecule has 0 saturated carbocycles. The molecule has 2 rings (SSSR count). The number of carbonyl (C=O) groups excluding carboxylic acids is 1. The summed E-state index contributed by atoms with van der Waals surface area (Å²) in [5.41, 5.74) is -0.0152. The summed E-state index contributed by atoms with van der Waals surface area (Å²) in [5.74, 6) is -2.53. The highest BCUT2D eigenvalue weighted by atomic mass is 31.2. The number of hydrogen-bond donors (Lipinski definition) is 3. The van der Waals surface area contributed by atoms with Crippen molar-refractivity contribution in [1.82, 2.24) is 0 Å². The lowest BCUT2D eigenvalue weighted by atomic mass is 10.0. The third-order valence-corrected chi connectivity index (χ3v) is 3.45. The summed E-state index contributed by atoms with van der Waals surface area (Å²) < 4.78 is 15.0. The van der Waals surface area contributed by atoms with Gasteiger partial charge in [0.15, 0.2) is 11.5 Å². The first-order valence-corrected chi connectivity index (χ1v) is 7.99. The molecule has 126 valence electrons. The highest BCUT2D eigenvalue weighted by Gasteiger charge is 2.29. The van der Waals surface area contributed by atoms with Crippen LogP contribution in [0, 0.1) is 17.0 Å². The maximum Gasteiger partial charge on any atom is 0.525 e. The van der Waals surface area contributed by atoms with Crippen molar-refractivity contribution in [2.24, 2.45) is 0 Å². The fourth-order valence-electron chi connectivity index (χ4n) is 1.95. The number of phenols is 1. The second-order valence-electron chi connectivity index (χ2n) is 4.88. The van der Waals surface area contributed by atoms with Crippen molar-refractivity contribution in [2.45, 2.75) is 6.92 Å². The van der Waals surface area contributed by atoms with E-state index in [0.717, 1.165) is 17.7 Å². The number of phosphoric ester groups is 1. The molecule has 9 nitrogen and oxygen atoms in total. The van der Waals surface area contributed by atoms with Gasteiger partial charge >= 0.3 is 13.5 Å². The van der Waals surface area contributed by atoms with E-state index < -0.39 is 35.7 Å². The first-order valence-electron chi connectivity index (χ1n) is 6.46. The van der Waals surface area contributed by atoms with E-state index in [1.54, 1.807) is 12.1 Å². The smallest absolute Gasteiger partial charge is 0.504 e. The molecule has 0 bridgehead atoms. The average Bonchev–Trinajstić information content (AvgIpc) is 2.47. The molecule has 0 aliphatic rings. The zero-order chi connectivity index (χ0) is 18.1. The maximum atomic E-state index is 12.4. The Morgan fingerprint density at radius 2 is 1.75 bits per heavy atom. The molecule has 0 aliphatic heterocycles. The summed E-state index contributed by atoms with van der Waals surface area (Å²) in [5, 5.41) is 20.9. The molecule has 3 N–H and O–H groups in total. The maximum absolute atomic E-state index is 12.4. The van der Waals surface area contributed by atoms with E-state index in [1.165, 1.54) is 12.1 Å². The SMILES string of the molecule is Cc1ccc(C(=O)c2cc(O)c(OP(=O)(O)O)c([N+](=O)[O-])c2)cc1. The first kappa shape index (κ1) is 17.6. The molecule has 0 unspecified atom stereocenters. The molecule has 2 aromatic rings. The number of aryl methyl sites for hydroxylation is 1. The zero-order valence-electron chi connectivity index (χ0n) is 12.2. The predicted molar refractivity (Wildman–Crippen MR) is 82.0 cm³/mol. The number of ketones is 1. The average molecular weight is 353 g/mol. The number of nitro benzene ring substituents is 1. The number of phenolic OH excluding ortho intramolecular Hbond substituents is 1. The van der Waals surface area contributed by atoms with E-state index in [0.29, 0.717) is 0 Å². The molecule has 0 saturated heterocycles. The summed E-state index contributed by atoms with van der Waals surface area (Å²) in [7, 11) is -5.13. The molecule has 0 atom stereocenters. The Morgan fingerprint density at radius 1 is 1.17 bits per heavy atom. The zero-order valence-corrected chi connectivity index (χ0v) is 13.1. The van der Waals surface area contributed by atoms with Gasteiger partial charge in [-0.3, -0.25) is 24.7 Å². The number of nitro groups is 1. The van der Waals surface area contributed by atoms with Gasteiger partial charge in [-0.15, -0.1) is 0 Å². The van der Waals surface area contributed by atoms with Gasteiger partial charge in [-0.1, -0.05) is 29.8 Å². The summed E-state index contributed by atoms with van der Waals surface area (Å²) in [6.07, 6.45) is 0. The van der Waals surface area contributed by atoms with Crippen molar-refractivity contribution in [3.63, 3.8) is 0 Å². The van der Waals surface area contributed by atoms with Gasteiger partial charge in [-0.25, -0.2) is 4.57 Å². The predicted octanol–water partition coefficient (Wildman–Crippen LogP) is 2.31. The third kappa shape index (κ3) is 3.96. The Bertz CT molecular complexity index is 856. The van der Waals surface area contributed by atoms with E-state index in [2.05, 4.69) is 4.52 Å². The number of benzene rings is 2. The standard InChI is InChI=1S/C14H12NO8P/c1-8-2-4-9(5-3-8)13(17)10-6-11(15(18)19)14(12(16)7-10)23-24(20,21)22/h2-7,16H,1H3,(H2,20,21,22). The molecule has 0 aliphatic carbocycles. The van der Waals surface area contributed by atoms with Crippen LogP contribution in [0.15, 0.2) is 36.4 Å². The number of nitrogens with zero attached hydrogens (tertiary/aromatic N) is 1. The number of carbonyl (C=O) groups is 1. The van der Waals surface area contributed by atoms with Gasteiger partial charge in [0.05, 0.1) is 4.92 Å². The van der Waals surface area contributed by atoms with Crippen LogP contribution in [0.25, 0.3) is 0 Å². The fourth-order valence-corrected chi connectivity index (χ4v) is 2.37. The lowest BCUT2D eigenvalue weighted by Gasteiger charge is -2.10. The molecule has 0 amide bonds. The molecular formula is C14H12NO8P. The molecule has 0 radical (unpaired) electrons. The second kappa shape index (κ2) is 6.40. The first-order chi connectivity index (χ1) is 11.1. The molecule has 0 spiro atoms. The van der Waals surface area contributed by atoms with Gasteiger partial charge in [-0.2, -0.15) is 0 Å². The Labute approximate surface area is 135 Å². The van der Waals surface area contributed by atoms with Gasteiger partial charge in [-0.05, 0) is 13.0 Å². The van der Waals surface area contributed by atoms with Crippen LogP contribution < -0.4 is 4.52 Å². The van der Waals surface area contributed by atoms with Gasteiger partial charge in [0.1, 0.15) is 0 Å². The Balaban J connectivity index is 2.53. The molecular weight excluding hydrogens is 341 g/mol. The Hall–Kier alpha value is -2.74. The van der Waals surface area contributed by atoms with Gasteiger partial charge in [0.2, 0.25) is 5.75 Å². The molecule has 0 fully saturated rings. The number of hydrogen-bond acceptors (Lipinski definition) is 6. The Morgan fingerprint density at radius 3 is 2.25 bits per heavy atom. The highest BCUT2D eigenvalue weighted by molar-refractivity contribution is 7.46. The van der Waals surface area contributed by atoms with Crippen LogP contribution in [0.2, 0.25) is 0 Å². The number of phosphoric acid groups is 1. The molecule has 10 heteroatoms. The van der Waals surface area contributed by atoms with Gasteiger partial charge < -0.3 is 9.63 Å². The van der Waals surface area contributed by atoms with Gasteiger partial charge in [0, 0.05) is 17.2 Å². The summed E-state index contributed by atoms with van der Waals surface area (Å²) in [6.45, 7) is 1.82. The van der Waals surface area contributed by atoms with Crippen molar-refractivity contribution >= 4 is 19.3 Å². The number of aromatic hydroxyl groups is 1. The van der Waals surface area contributed by atoms with Crippen molar-refractivity contribution in [1.29, 1.82) is 0 Å². The minimum absolute atomic E-state index is 0.221. The van der Waals surface area contributed by atoms with Crippen LogP contribution in [0.4, 0.5) is 5.69 Å². The van der Waals surface area contributed by atoms with Crippen LogP contribution >= 0.6 is 7.82 Å². The minimum atomic E-state index is -5.13.